The Morgan fingerprint density at radius 2 is 1.89 bits per heavy atom. The molecule has 2 nitrogen and oxygen atoms in total. The van der Waals surface area contributed by atoms with Crippen molar-refractivity contribution in [2.75, 3.05) is 13.2 Å². The van der Waals surface area contributed by atoms with E-state index in [0.29, 0.717) is 6.04 Å². The molecule has 0 bridgehead atoms. The Labute approximate surface area is 112 Å². The van der Waals surface area contributed by atoms with E-state index in [1.165, 1.54) is 31.2 Å². The monoisotopic (exact) mass is 249 g/mol. The Bertz CT molecular complexity index is 325. The van der Waals surface area contributed by atoms with Crippen LogP contribution in [0.15, 0.2) is 24.3 Å². The summed E-state index contributed by atoms with van der Waals surface area (Å²) >= 11 is 0. The van der Waals surface area contributed by atoms with Crippen molar-refractivity contribution in [3.63, 3.8) is 0 Å². The van der Waals surface area contributed by atoms with Gasteiger partial charge in [-0.05, 0) is 32.9 Å². The topological polar surface area (TPSA) is 21.3 Å². The highest BCUT2D eigenvalue weighted by atomic mass is 16.5. The Kier molecular flexibility index (Phi) is 7.51. The molecule has 0 fully saturated rings. The van der Waals surface area contributed by atoms with Gasteiger partial charge >= 0.3 is 0 Å². The van der Waals surface area contributed by atoms with Crippen LogP contribution in [0.4, 0.5) is 0 Å². The molecule has 1 atom stereocenters. The predicted molar refractivity (Wildman–Crippen MR) is 78.2 cm³/mol. The largest absolute Gasteiger partial charge is 0.494 e. The molecule has 0 amide bonds. The lowest BCUT2D eigenvalue weighted by Crippen LogP contribution is -2.20. The Balaban J connectivity index is 2.42. The molecule has 0 aliphatic carbocycles. The molecule has 0 aliphatic heterocycles. The van der Waals surface area contributed by atoms with Gasteiger partial charge in [0.2, 0.25) is 0 Å². The molecule has 18 heavy (non-hydrogen) atoms. The molecule has 0 aromatic heterocycles. The van der Waals surface area contributed by atoms with E-state index in [2.05, 4.69) is 31.3 Å². The van der Waals surface area contributed by atoms with Crippen molar-refractivity contribution in [3.05, 3.63) is 29.8 Å². The van der Waals surface area contributed by atoms with Crippen molar-refractivity contribution in [1.82, 2.24) is 5.32 Å². The highest BCUT2D eigenvalue weighted by molar-refractivity contribution is 5.35. The van der Waals surface area contributed by atoms with E-state index in [-0.39, 0.29) is 0 Å². The quantitative estimate of drug-likeness (QED) is 0.658. The number of hydrogen-bond acceptors (Lipinski definition) is 2. The fourth-order valence-corrected chi connectivity index (χ4v) is 2.11. The van der Waals surface area contributed by atoms with Gasteiger partial charge in [0, 0.05) is 11.6 Å². The maximum Gasteiger partial charge on any atom is 0.124 e. The lowest BCUT2D eigenvalue weighted by atomic mass is 10.1. The van der Waals surface area contributed by atoms with Crippen LogP contribution in [-0.4, -0.2) is 13.2 Å². The number of nitrogens with one attached hydrogen (secondary N) is 1. The standard InChI is InChI=1S/C16H27NO/c1-4-6-7-10-13-17-14(3)15-11-8-9-12-16(15)18-5-2/h8-9,11-12,14,17H,4-7,10,13H2,1-3H3. The van der Waals surface area contributed by atoms with Gasteiger partial charge in [-0.1, -0.05) is 44.4 Å². The minimum Gasteiger partial charge on any atom is -0.494 e. The first-order chi connectivity index (χ1) is 8.79. The fourth-order valence-electron chi connectivity index (χ4n) is 2.11. The van der Waals surface area contributed by atoms with Crippen LogP contribution in [0.5, 0.6) is 5.75 Å². The van der Waals surface area contributed by atoms with E-state index in [9.17, 15) is 0 Å². The molecule has 0 saturated carbocycles. The molecule has 1 N–H and O–H groups in total. The summed E-state index contributed by atoms with van der Waals surface area (Å²) in [7, 11) is 0. The van der Waals surface area contributed by atoms with Crippen molar-refractivity contribution in [3.8, 4) is 5.75 Å². The summed E-state index contributed by atoms with van der Waals surface area (Å²) in [5.41, 5.74) is 1.26. The van der Waals surface area contributed by atoms with Gasteiger partial charge in [-0.2, -0.15) is 0 Å². The number of benzene rings is 1. The molecule has 1 aromatic rings. The van der Waals surface area contributed by atoms with Crippen molar-refractivity contribution in [2.45, 2.75) is 52.5 Å². The lowest BCUT2D eigenvalue weighted by Gasteiger charge is -2.17. The van der Waals surface area contributed by atoms with Crippen LogP contribution in [0.25, 0.3) is 0 Å². The summed E-state index contributed by atoms with van der Waals surface area (Å²) in [6.07, 6.45) is 5.21. The Morgan fingerprint density at radius 1 is 1.11 bits per heavy atom. The summed E-state index contributed by atoms with van der Waals surface area (Å²) in [5, 5.41) is 3.58. The highest BCUT2D eigenvalue weighted by Gasteiger charge is 2.09. The van der Waals surface area contributed by atoms with Crippen LogP contribution in [-0.2, 0) is 0 Å². The molecule has 1 unspecified atom stereocenters. The average molecular weight is 249 g/mol. The van der Waals surface area contributed by atoms with Gasteiger partial charge in [0.1, 0.15) is 5.75 Å². The van der Waals surface area contributed by atoms with Crippen molar-refractivity contribution >= 4 is 0 Å². The number of rotatable bonds is 9. The van der Waals surface area contributed by atoms with E-state index in [0.717, 1.165) is 18.9 Å². The summed E-state index contributed by atoms with van der Waals surface area (Å²) < 4.78 is 5.66. The van der Waals surface area contributed by atoms with Crippen molar-refractivity contribution in [1.29, 1.82) is 0 Å². The zero-order valence-electron chi connectivity index (χ0n) is 12.0. The smallest absolute Gasteiger partial charge is 0.124 e. The first-order valence-corrected chi connectivity index (χ1v) is 7.24. The van der Waals surface area contributed by atoms with Crippen molar-refractivity contribution < 1.29 is 4.74 Å². The molecule has 0 aliphatic rings. The molecular weight excluding hydrogens is 222 g/mol. The minimum atomic E-state index is 0.356. The molecule has 102 valence electrons. The van der Waals surface area contributed by atoms with Gasteiger partial charge in [0.05, 0.1) is 6.61 Å². The van der Waals surface area contributed by atoms with E-state index < -0.39 is 0 Å². The highest BCUT2D eigenvalue weighted by Crippen LogP contribution is 2.24. The van der Waals surface area contributed by atoms with Gasteiger partial charge in [-0.15, -0.1) is 0 Å². The maximum absolute atomic E-state index is 5.66. The lowest BCUT2D eigenvalue weighted by molar-refractivity contribution is 0.332. The Hall–Kier alpha value is -1.02. The third kappa shape index (κ3) is 5.09. The molecule has 0 spiro atoms. The molecule has 0 heterocycles. The molecule has 0 radical (unpaired) electrons. The normalized spacial score (nSPS) is 12.4. The van der Waals surface area contributed by atoms with Gasteiger partial charge in [0.15, 0.2) is 0 Å². The van der Waals surface area contributed by atoms with Crippen LogP contribution in [0, 0.1) is 0 Å². The van der Waals surface area contributed by atoms with Gasteiger partial charge in [-0.3, -0.25) is 0 Å². The van der Waals surface area contributed by atoms with E-state index >= 15 is 0 Å². The molecule has 1 aromatic carbocycles. The van der Waals surface area contributed by atoms with Gasteiger partial charge in [0.25, 0.3) is 0 Å². The zero-order valence-corrected chi connectivity index (χ0v) is 12.0. The molecule has 0 saturated heterocycles. The summed E-state index contributed by atoms with van der Waals surface area (Å²) in [6, 6.07) is 8.66. The number of ether oxygens (including phenoxy) is 1. The van der Waals surface area contributed by atoms with E-state index in [1.807, 2.05) is 19.1 Å². The second-order valence-electron chi connectivity index (χ2n) is 4.71. The number of hydrogen-bond donors (Lipinski definition) is 1. The summed E-state index contributed by atoms with van der Waals surface area (Å²) in [6.45, 7) is 8.29. The second-order valence-corrected chi connectivity index (χ2v) is 4.71. The SMILES string of the molecule is CCCCCCNC(C)c1ccccc1OCC. The van der Waals surface area contributed by atoms with Crippen LogP contribution >= 0.6 is 0 Å². The van der Waals surface area contributed by atoms with Crippen molar-refractivity contribution in [2.24, 2.45) is 0 Å². The first kappa shape index (κ1) is 15.0. The van der Waals surface area contributed by atoms with E-state index in [1.54, 1.807) is 0 Å². The first-order valence-electron chi connectivity index (χ1n) is 7.24. The number of para-hydroxylation sites is 1. The van der Waals surface area contributed by atoms with Crippen LogP contribution in [0.2, 0.25) is 0 Å². The van der Waals surface area contributed by atoms with Crippen LogP contribution in [0.1, 0.15) is 58.1 Å². The van der Waals surface area contributed by atoms with E-state index in [4.69, 9.17) is 4.74 Å². The Morgan fingerprint density at radius 3 is 2.61 bits per heavy atom. The predicted octanol–water partition coefficient (Wildman–Crippen LogP) is 4.32. The maximum atomic E-state index is 5.66. The molecule has 2 heteroatoms. The van der Waals surface area contributed by atoms with Crippen LogP contribution < -0.4 is 10.1 Å². The molecule has 1 rings (SSSR count). The fraction of sp³-hybridized carbons (Fsp3) is 0.625. The minimum absolute atomic E-state index is 0.356. The van der Waals surface area contributed by atoms with Crippen LogP contribution in [0.3, 0.4) is 0 Å². The third-order valence-corrected chi connectivity index (χ3v) is 3.17. The van der Waals surface area contributed by atoms with Gasteiger partial charge in [-0.25, -0.2) is 0 Å². The summed E-state index contributed by atoms with van der Waals surface area (Å²) in [4.78, 5) is 0. The third-order valence-electron chi connectivity index (χ3n) is 3.17. The number of unbranched alkanes of at least 4 members (excludes halogenated alkanes) is 3. The zero-order chi connectivity index (χ0) is 13.2. The second kappa shape index (κ2) is 8.98. The van der Waals surface area contributed by atoms with Gasteiger partial charge < -0.3 is 10.1 Å². The summed E-state index contributed by atoms with van der Waals surface area (Å²) in [5.74, 6) is 1.01. The molecular formula is C16H27NO. The average Bonchev–Trinajstić information content (AvgIpc) is 2.39.